The first-order chi connectivity index (χ1) is 12.2. The van der Waals surface area contributed by atoms with E-state index in [1.807, 2.05) is 31.2 Å². The number of methoxy groups -OCH3 is 2. The third-order valence-corrected chi connectivity index (χ3v) is 5.21. The molecule has 0 fully saturated rings. The molecule has 2 N–H and O–H groups in total. The Hall–Kier alpha value is -1.48. The number of anilines is 1. The lowest BCUT2D eigenvalue weighted by Crippen LogP contribution is -2.18. The van der Waals surface area contributed by atoms with Gasteiger partial charge in [-0.15, -0.1) is 12.4 Å². The molecule has 0 saturated carbocycles. The lowest BCUT2D eigenvalue weighted by molar-refractivity contribution is 0.354. The highest BCUT2D eigenvalue weighted by atomic mass is 79.9. The van der Waals surface area contributed by atoms with E-state index < -0.39 is 10.0 Å². The lowest BCUT2D eigenvalue weighted by Gasteiger charge is -2.17. The maximum Gasteiger partial charge on any atom is 0.229 e. The van der Waals surface area contributed by atoms with Crippen molar-refractivity contribution < 1.29 is 17.9 Å². The highest BCUT2D eigenvalue weighted by Gasteiger charge is 2.11. The SMILES string of the molecule is COc1cc(Br)c(CNC(C)c2ccc(NS(C)(=O)=O)cc2)cc1OC.Cl. The Labute approximate surface area is 175 Å². The predicted octanol–water partition coefficient (Wildman–Crippen LogP) is 4.11. The van der Waals surface area contributed by atoms with Crippen LogP contribution in [0.25, 0.3) is 0 Å². The summed E-state index contributed by atoms with van der Waals surface area (Å²) in [6, 6.07) is 11.2. The fourth-order valence-corrected chi connectivity index (χ4v) is 3.49. The maximum atomic E-state index is 11.3. The van der Waals surface area contributed by atoms with E-state index in [4.69, 9.17) is 9.47 Å². The van der Waals surface area contributed by atoms with Crippen LogP contribution in [0.15, 0.2) is 40.9 Å². The summed E-state index contributed by atoms with van der Waals surface area (Å²) in [7, 11) is -0.0541. The van der Waals surface area contributed by atoms with Gasteiger partial charge in [-0.05, 0) is 42.3 Å². The van der Waals surface area contributed by atoms with Gasteiger partial charge in [0, 0.05) is 22.7 Å². The van der Waals surface area contributed by atoms with Crippen molar-refractivity contribution in [3.8, 4) is 11.5 Å². The Kier molecular flexibility index (Phi) is 8.87. The molecule has 0 aliphatic rings. The summed E-state index contributed by atoms with van der Waals surface area (Å²) < 4.78 is 36.5. The van der Waals surface area contributed by atoms with Crippen LogP contribution in [-0.2, 0) is 16.6 Å². The first-order valence-electron chi connectivity index (χ1n) is 7.95. The second kappa shape index (κ2) is 10.2. The number of nitrogens with one attached hydrogen (secondary N) is 2. The molecule has 1 unspecified atom stereocenters. The number of benzene rings is 2. The molecule has 0 bridgehead atoms. The Morgan fingerprint density at radius 2 is 1.63 bits per heavy atom. The minimum Gasteiger partial charge on any atom is -0.493 e. The van der Waals surface area contributed by atoms with Crippen molar-refractivity contribution in [3.63, 3.8) is 0 Å². The smallest absolute Gasteiger partial charge is 0.229 e. The Balaban J connectivity index is 0.00000364. The van der Waals surface area contributed by atoms with Gasteiger partial charge in [0.1, 0.15) is 0 Å². The molecule has 2 rings (SSSR count). The zero-order valence-corrected chi connectivity index (χ0v) is 18.8. The number of ether oxygens (including phenoxy) is 2. The van der Waals surface area contributed by atoms with E-state index in [0.29, 0.717) is 23.7 Å². The topological polar surface area (TPSA) is 76.7 Å². The highest BCUT2D eigenvalue weighted by Crippen LogP contribution is 2.33. The summed E-state index contributed by atoms with van der Waals surface area (Å²) in [6.07, 6.45) is 1.13. The van der Waals surface area contributed by atoms with Gasteiger partial charge in [-0.3, -0.25) is 4.72 Å². The molecule has 0 amide bonds. The van der Waals surface area contributed by atoms with Gasteiger partial charge < -0.3 is 14.8 Å². The van der Waals surface area contributed by atoms with Gasteiger partial charge >= 0.3 is 0 Å². The summed E-state index contributed by atoms with van der Waals surface area (Å²) >= 11 is 3.55. The van der Waals surface area contributed by atoms with Crippen molar-refractivity contribution >= 4 is 44.0 Å². The van der Waals surface area contributed by atoms with Gasteiger partial charge in [0.2, 0.25) is 10.0 Å². The van der Waals surface area contributed by atoms with E-state index >= 15 is 0 Å². The summed E-state index contributed by atoms with van der Waals surface area (Å²) in [5, 5.41) is 3.45. The molecule has 6 nitrogen and oxygen atoms in total. The molecule has 0 radical (unpaired) electrons. The molecule has 2 aromatic rings. The third-order valence-electron chi connectivity index (χ3n) is 3.87. The molecular weight excluding hydrogens is 456 g/mol. The molecule has 0 heterocycles. The molecular formula is C18H24BrClN2O4S. The van der Waals surface area contributed by atoms with E-state index in [0.717, 1.165) is 21.9 Å². The fourth-order valence-electron chi connectivity index (χ4n) is 2.47. The second-order valence-corrected chi connectivity index (χ2v) is 8.50. The summed E-state index contributed by atoms with van der Waals surface area (Å²) in [5.74, 6) is 1.35. The van der Waals surface area contributed by atoms with E-state index in [1.165, 1.54) is 0 Å². The Morgan fingerprint density at radius 3 is 2.15 bits per heavy atom. The minimum absolute atomic E-state index is 0. The monoisotopic (exact) mass is 478 g/mol. The number of rotatable bonds is 8. The van der Waals surface area contributed by atoms with Crippen molar-refractivity contribution in [2.24, 2.45) is 0 Å². The van der Waals surface area contributed by atoms with Crippen LogP contribution in [0.1, 0.15) is 24.1 Å². The zero-order chi connectivity index (χ0) is 19.3. The van der Waals surface area contributed by atoms with Crippen LogP contribution in [0.4, 0.5) is 5.69 Å². The molecule has 0 aliphatic heterocycles. The van der Waals surface area contributed by atoms with Crippen molar-refractivity contribution in [1.82, 2.24) is 5.32 Å². The van der Waals surface area contributed by atoms with Crippen LogP contribution < -0.4 is 19.5 Å². The van der Waals surface area contributed by atoms with Crippen LogP contribution in [0, 0.1) is 0 Å². The van der Waals surface area contributed by atoms with Crippen molar-refractivity contribution in [3.05, 3.63) is 52.0 Å². The van der Waals surface area contributed by atoms with Gasteiger partial charge in [0.05, 0.1) is 20.5 Å². The molecule has 0 spiro atoms. The van der Waals surface area contributed by atoms with E-state index in [-0.39, 0.29) is 18.4 Å². The van der Waals surface area contributed by atoms with E-state index in [2.05, 4.69) is 26.0 Å². The van der Waals surface area contributed by atoms with Crippen LogP contribution in [0.2, 0.25) is 0 Å². The maximum absolute atomic E-state index is 11.3. The molecule has 0 saturated heterocycles. The number of hydrogen-bond donors (Lipinski definition) is 2. The van der Waals surface area contributed by atoms with Crippen LogP contribution in [0.3, 0.4) is 0 Å². The highest BCUT2D eigenvalue weighted by molar-refractivity contribution is 9.10. The van der Waals surface area contributed by atoms with Gasteiger partial charge in [-0.2, -0.15) is 0 Å². The molecule has 9 heteroatoms. The fraction of sp³-hybridized carbons (Fsp3) is 0.333. The van der Waals surface area contributed by atoms with E-state index in [1.54, 1.807) is 26.4 Å². The van der Waals surface area contributed by atoms with Crippen LogP contribution >= 0.6 is 28.3 Å². The summed E-state index contributed by atoms with van der Waals surface area (Å²) in [6.45, 7) is 2.68. The summed E-state index contributed by atoms with van der Waals surface area (Å²) in [5.41, 5.74) is 2.65. The molecule has 0 aromatic heterocycles. The average Bonchev–Trinajstić information content (AvgIpc) is 2.59. The van der Waals surface area contributed by atoms with Crippen molar-refractivity contribution in [2.75, 3.05) is 25.2 Å². The van der Waals surface area contributed by atoms with Crippen molar-refractivity contribution in [2.45, 2.75) is 19.5 Å². The van der Waals surface area contributed by atoms with Crippen LogP contribution in [0.5, 0.6) is 11.5 Å². The number of halogens is 2. The first kappa shape index (κ1) is 23.6. The largest absolute Gasteiger partial charge is 0.493 e. The number of sulfonamides is 1. The van der Waals surface area contributed by atoms with Gasteiger partial charge in [0.15, 0.2) is 11.5 Å². The molecule has 27 heavy (non-hydrogen) atoms. The van der Waals surface area contributed by atoms with Crippen molar-refractivity contribution in [1.29, 1.82) is 0 Å². The lowest BCUT2D eigenvalue weighted by atomic mass is 10.1. The standard InChI is InChI=1S/C18H23BrN2O4S.ClH/c1-12(13-5-7-15(8-6-13)21-26(4,22)23)20-11-14-9-17(24-2)18(25-3)10-16(14)19;/h5-10,12,20-21H,11H2,1-4H3;1H. The Bertz CT molecular complexity index is 860. The Morgan fingerprint density at radius 1 is 1.07 bits per heavy atom. The minimum atomic E-state index is -3.27. The molecule has 2 aromatic carbocycles. The summed E-state index contributed by atoms with van der Waals surface area (Å²) in [4.78, 5) is 0. The van der Waals surface area contributed by atoms with Gasteiger partial charge in [-0.1, -0.05) is 28.1 Å². The average molecular weight is 480 g/mol. The normalized spacial score (nSPS) is 12.0. The van der Waals surface area contributed by atoms with Gasteiger partial charge in [0.25, 0.3) is 0 Å². The van der Waals surface area contributed by atoms with Gasteiger partial charge in [-0.25, -0.2) is 8.42 Å². The number of hydrogen-bond acceptors (Lipinski definition) is 5. The van der Waals surface area contributed by atoms with Crippen LogP contribution in [-0.4, -0.2) is 28.9 Å². The predicted molar refractivity (Wildman–Crippen MR) is 115 cm³/mol. The van der Waals surface area contributed by atoms with E-state index in [9.17, 15) is 8.42 Å². The molecule has 1 atom stereocenters. The molecule has 0 aliphatic carbocycles. The first-order valence-corrected chi connectivity index (χ1v) is 10.6. The second-order valence-electron chi connectivity index (χ2n) is 5.90. The quantitative estimate of drug-likeness (QED) is 0.596. The third kappa shape index (κ3) is 6.88. The zero-order valence-electron chi connectivity index (χ0n) is 15.6. The molecule has 150 valence electrons.